The van der Waals surface area contributed by atoms with Gasteiger partial charge in [0, 0.05) is 28.0 Å². The van der Waals surface area contributed by atoms with Crippen LogP contribution in [0.15, 0.2) is 156 Å². The van der Waals surface area contributed by atoms with Gasteiger partial charge in [-0.05, 0) is 52.4 Å². The van der Waals surface area contributed by atoms with Crippen LogP contribution in [0.3, 0.4) is 0 Å². The molecule has 1 fully saturated rings. The normalized spacial score (nSPS) is 13.8. The predicted octanol–water partition coefficient (Wildman–Crippen LogP) is 12.1. The van der Waals surface area contributed by atoms with E-state index in [2.05, 4.69) is 156 Å². The minimum atomic E-state index is 0.366. The number of benzene rings is 6. The molecule has 3 heteroatoms. The molecule has 1 aliphatic rings. The van der Waals surface area contributed by atoms with E-state index in [1.165, 1.54) is 46.3 Å². The van der Waals surface area contributed by atoms with Gasteiger partial charge in [0.25, 0.3) is 0 Å². The van der Waals surface area contributed by atoms with Crippen LogP contribution in [0.5, 0.6) is 0 Å². The van der Waals surface area contributed by atoms with Gasteiger partial charge < -0.3 is 8.98 Å². The van der Waals surface area contributed by atoms with Crippen molar-refractivity contribution < 1.29 is 4.42 Å². The lowest BCUT2D eigenvalue weighted by Gasteiger charge is -2.25. The lowest BCUT2D eigenvalue weighted by molar-refractivity contribution is 0.360. The first-order chi connectivity index (χ1) is 23.8. The number of rotatable bonds is 6. The van der Waals surface area contributed by atoms with Crippen LogP contribution >= 0.6 is 0 Å². The lowest BCUT2D eigenvalue weighted by Crippen LogP contribution is -2.14. The lowest BCUT2D eigenvalue weighted by atomic mass is 9.88. The van der Waals surface area contributed by atoms with Crippen LogP contribution in [0.2, 0.25) is 0 Å². The van der Waals surface area contributed by atoms with Crippen molar-refractivity contribution in [2.45, 2.75) is 38.1 Å². The van der Waals surface area contributed by atoms with Gasteiger partial charge in [0.05, 0.1) is 11.0 Å². The molecule has 0 spiro atoms. The molecule has 48 heavy (non-hydrogen) atoms. The highest BCUT2D eigenvalue weighted by Gasteiger charge is 2.27. The molecule has 0 amide bonds. The molecule has 0 unspecified atom stereocenters. The van der Waals surface area contributed by atoms with Crippen molar-refractivity contribution in [3.05, 3.63) is 174 Å². The van der Waals surface area contributed by atoms with Crippen LogP contribution < -0.4 is 0 Å². The maximum Gasteiger partial charge on any atom is 0.177 e. The average molecular weight is 621 g/mol. The summed E-state index contributed by atoms with van der Waals surface area (Å²) in [6.45, 7) is 0. The Morgan fingerprint density at radius 1 is 0.500 bits per heavy atom. The summed E-state index contributed by atoms with van der Waals surface area (Å²) in [5.74, 6) is 2.54. The number of aromatic nitrogens is 2. The fraction of sp³-hybridized carbons (Fsp3) is 0.133. The maximum absolute atomic E-state index is 7.05. The molecule has 232 valence electrons. The van der Waals surface area contributed by atoms with Gasteiger partial charge in [-0.15, -0.1) is 0 Å². The number of imidazole rings is 1. The van der Waals surface area contributed by atoms with E-state index in [1.54, 1.807) is 0 Å². The van der Waals surface area contributed by atoms with Crippen molar-refractivity contribution in [3.63, 3.8) is 0 Å². The van der Waals surface area contributed by atoms with Crippen LogP contribution in [0.4, 0.5) is 0 Å². The number of hydrogen-bond donors (Lipinski definition) is 0. The minimum Gasteiger partial charge on any atom is -0.453 e. The SMILES string of the molecule is c1ccc(C(=C(c2ccccc2)c2ccc(-c3nc4c5ccccc5c5ccccc5c4n3C3CCCCC3)o2)c2ccccc2)cc1. The molecule has 0 atom stereocenters. The Hall–Kier alpha value is -5.67. The quantitative estimate of drug-likeness (QED) is 0.137. The predicted molar refractivity (Wildman–Crippen MR) is 199 cm³/mol. The summed E-state index contributed by atoms with van der Waals surface area (Å²) in [6, 6.07) is 54.2. The summed E-state index contributed by atoms with van der Waals surface area (Å²) < 4.78 is 9.59. The van der Waals surface area contributed by atoms with Crippen molar-refractivity contribution in [1.29, 1.82) is 0 Å². The maximum atomic E-state index is 7.05. The van der Waals surface area contributed by atoms with Crippen LogP contribution in [-0.2, 0) is 0 Å². The monoisotopic (exact) mass is 620 g/mol. The zero-order valence-corrected chi connectivity index (χ0v) is 26.8. The molecule has 0 N–H and O–H groups in total. The van der Waals surface area contributed by atoms with E-state index in [4.69, 9.17) is 9.40 Å². The van der Waals surface area contributed by atoms with Gasteiger partial charge in [0.1, 0.15) is 5.76 Å². The summed E-state index contributed by atoms with van der Waals surface area (Å²) in [7, 11) is 0. The highest BCUT2D eigenvalue weighted by atomic mass is 16.3. The number of fused-ring (bicyclic) bond motifs is 6. The summed E-state index contributed by atoms with van der Waals surface area (Å²) in [4.78, 5) is 5.50. The van der Waals surface area contributed by atoms with E-state index in [9.17, 15) is 0 Å². The van der Waals surface area contributed by atoms with Crippen molar-refractivity contribution in [2.75, 3.05) is 0 Å². The zero-order valence-electron chi connectivity index (χ0n) is 26.8. The van der Waals surface area contributed by atoms with Crippen molar-refractivity contribution in [2.24, 2.45) is 0 Å². The van der Waals surface area contributed by atoms with E-state index in [0.717, 1.165) is 63.5 Å². The second-order valence-electron chi connectivity index (χ2n) is 12.9. The van der Waals surface area contributed by atoms with Crippen molar-refractivity contribution >= 4 is 43.7 Å². The summed E-state index contributed by atoms with van der Waals surface area (Å²) in [5.41, 5.74) is 7.88. The fourth-order valence-electron chi connectivity index (χ4n) is 7.87. The second kappa shape index (κ2) is 12.2. The van der Waals surface area contributed by atoms with Gasteiger partial charge >= 0.3 is 0 Å². The van der Waals surface area contributed by atoms with Gasteiger partial charge in [-0.1, -0.05) is 159 Å². The zero-order chi connectivity index (χ0) is 31.9. The Kier molecular flexibility index (Phi) is 7.24. The van der Waals surface area contributed by atoms with Crippen LogP contribution in [-0.4, -0.2) is 9.55 Å². The largest absolute Gasteiger partial charge is 0.453 e. The number of furan rings is 1. The molecule has 2 heterocycles. The van der Waals surface area contributed by atoms with Crippen molar-refractivity contribution in [1.82, 2.24) is 9.55 Å². The molecule has 3 nitrogen and oxygen atoms in total. The fourth-order valence-corrected chi connectivity index (χ4v) is 7.87. The van der Waals surface area contributed by atoms with Crippen LogP contribution in [0.25, 0.3) is 55.3 Å². The van der Waals surface area contributed by atoms with E-state index in [1.807, 2.05) is 0 Å². The van der Waals surface area contributed by atoms with E-state index >= 15 is 0 Å². The third-order valence-electron chi connectivity index (χ3n) is 10.0. The topological polar surface area (TPSA) is 31.0 Å². The first-order valence-corrected chi connectivity index (χ1v) is 17.2. The molecule has 0 aliphatic heterocycles. The highest BCUT2D eigenvalue weighted by molar-refractivity contribution is 6.23. The number of hydrogen-bond acceptors (Lipinski definition) is 2. The molecule has 0 radical (unpaired) electrons. The Morgan fingerprint density at radius 2 is 1.00 bits per heavy atom. The molecular formula is C45H36N2O. The Bertz CT molecular complexity index is 2370. The Morgan fingerprint density at radius 3 is 1.60 bits per heavy atom. The molecular weight excluding hydrogens is 585 g/mol. The van der Waals surface area contributed by atoms with Crippen molar-refractivity contribution in [3.8, 4) is 11.6 Å². The van der Waals surface area contributed by atoms with E-state index < -0.39 is 0 Å². The molecule has 9 rings (SSSR count). The molecule has 0 bridgehead atoms. The molecule has 0 saturated heterocycles. The summed E-state index contributed by atoms with van der Waals surface area (Å²) in [6.07, 6.45) is 6.05. The standard InChI is InChI=1S/C45H36N2O/c1-5-17-31(18-6-1)41(32-19-7-2-8-20-32)42(33-21-9-3-10-22-33)39-29-30-40(48-39)45-46-43-37-27-15-13-25-35(37)36-26-14-16-28-38(36)44(43)47(45)34-23-11-4-12-24-34/h1-3,5-10,13-22,25-30,34H,4,11-12,23-24H2. The van der Waals surface area contributed by atoms with E-state index in [0.29, 0.717) is 6.04 Å². The van der Waals surface area contributed by atoms with Gasteiger partial charge in [0.15, 0.2) is 11.6 Å². The number of nitrogens with zero attached hydrogens (tertiary/aromatic N) is 2. The van der Waals surface area contributed by atoms with Gasteiger partial charge in [-0.25, -0.2) is 4.98 Å². The molecule has 2 aromatic heterocycles. The molecule has 1 saturated carbocycles. The smallest absolute Gasteiger partial charge is 0.177 e. The highest BCUT2D eigenvalue weighted by Crippen LogP contribution is 2.44. The van der Waals surface area contributed by atoms with Gasteiger partial charge in [-0.3, -0.25) is 0 Å². The molecule has 6 aromatic carbocycles. The summed E-state index contributed by atoms with van der Waals surface area (Å²) in [5, 5.41) is 4.95. The van der Waals surface area contributed by atoms with Gasteiger partial charge in [0.2, 0.25) is 0 Å². The average Bonchev–Trinajstić information content (AvgIpc) is 3.81. The second-order valence-corrected chi connectivity index (χ2v) is 12.9. The Labute approximate surface area is 280 Å². The molecule has 8 aromatic rings. The summed E-state index contributed by atoms with van der Waals surface area (Å²) >= 11 is 0. The molecule has 1 aliphatic carbocycles. The van der Waals surface area contributed by atoms with E-state index in [-0.39, 0.29) is 0 Å². The first kappa shape index (κ1) is 28.5. The van der Waals surface area contributed by atoms with Crippen LogP contribution in [0.1, 0.15) is 60.6 Å². The Balaban J connectivity index is 1.33. The first-order valence-electron chi connectivity index (χ1n) is 17.2. The third kappa shape index (κ3) is 4.86. The minimum absolute atomic E-state index is 0.366. The van der Waals surface area contributed by atoms with Gasteiger partial charge in [-0.2, -0.15) is 0 Å². The third-order valence-corrected chi connectivity index (χ3v) is 10.0. The van der Waals surface area contributed by atoms with Crippen LogP contribution in [0, 0.1) is 0 Å².